The van der Waals surface area contributed by atoms with E-state index in [1.54, 1.807) is 49.4 Å². The lowest BCUT2D eigenvalue weighted by molar-refractivity contribution is 0.0526. The van der Waals surface area contributed by atoms with E-state index in [9.17, 15) is 14.0 Å². The number of nitrogens with zero attached hydrogens (tertiary/aromatic N) is 4. The van der Waals surface area contributed by atoms with Crippen molar-refractivity contribution in [1.82, 2.24) is 10.3 Å². The number of nitrogens with one attached hydrogen (secondary N) is 1. The molecule has 1 aliphatic heterocycles. The van der Waals surface area contributed by atoms with Crippen molar-refractivity contribution < 1.29 is 23.3 Å². The normalized spacial score (nSPS) is 13.6. The maximum atomic E-state index is 15.0. The van der Waals surface area contributed by atoms with E-state index in [0.29, 0.717) is 66.3 Å². The number of ether oxygens (including phenoxy) is 1. The maximum absolute atomic E-state index is 15.0. The van der Waals surface area contributed by atoms with E-state index >= 15 is 0 Å². The molecule has 1 aliphatic rings. The number of hydrogen-bond acceptors (Lipinski definition) is 8. The minimum atomic E-state index is -0.406. The Balaban J connectivity index is 1.20. The van der Waals surface area contributed by atoms with Crippen LogP contribution in [-0.2, 0) is 4.74 Å². The van der Waals surface area contributed by atoms with Crippen molar-refractivity contribution in [1.29, 1.82) is 0 Å². The summed E-state index contributed by atoms with van der Waals surface area (Å²) in [4.78, 5) is 28.6. The Bertz CT molecular complexity index is 1400. The summed E-state index contributed by atoms with van der Waals surface area (Å²) in [6, 6.07) is 16.8. The van der Waals surface area contributed by atoms with Crippen LogP contribution in [0.4, 0.5) is 21.5 Å². The standard InChI is InChI=1S/C26H24FN5O4/c1-2-35-26(34)17-3-7-20(8-4-17)31-11-13-32(14-12-31)24-10-6-19(16-21(24)27)28-25(33)18-5-9-22-23(15-18)30-36-29-22/h3-10,15-16H,2,11-14H2,1H3,(H,28,33). The summed E-state index contributed by atoms with van der Waals surface area (Å²) < 4.78 is 24.7. The molecule has 1 saturated heterocycles. The monoisotopic (exact) mass is 489 g/mol. The molecule has 4 aromatic rings. The third-order valence-electron chi connectivity index (χ3n) is 6.09. The van der Waals surface area contributed by atoms with Gasteiger partial charge in [-0.2, -0.15) is 0 Å². The first-order chi connectivity index (χ1) is 17.5. The summed E-state index contributed by atoms with van der Waals surface area (Å²) in [5, 5.41) is 10.2. The fraction of sp³-hybridized carbons (Fsp3) is 0.231. The van der Waals surface area contributed by atoms with Crippen LogP contribution >= 0.6 is 0 Å². The Morgan fingerprint density at radius 3 is 2.33 bits per heavy atom. The van der Waals surface area contributed by atoms with Crippen LogP contribution in [-0.4, -0.2) is 55.0 Å². The maximum Gasteiger partial charge on any atom is 0.338 e. The van der Waals surface area contributed by atoms with Gasteiger partial charge >= 0.3 is 5.97 Å². The number of amides is 1. The smallest absolute Gasteiger partial charge is 0.338 e. The first-order valence-corrected chi connectivity index (χ1v) is 11.6. The van der Waals surface area contributed by atoms with E-state index in [4.69, 9.17) is 4.74 Å². The molecule has 1 amide bonds. The molecular formula is C26H24FN5O4. The quantitative estimate of drug-likeness (QED) is 0.404. The second-order valence-corrected chi connectivity index (χ2v) is 8.33. The van der Waals surface area contributed by atoms with Crippen molar-refractivity contribution >= 4 is 40.0 Å². The lowest BCUT2D eigenvalue weighted by Crippen LogP contribution is -2.46. The summed E-state index contributed by atoms with van der Waals surface area (Å²) in [5.41, 5.74) is 3.76. The van der Waals surface area contributed by atoms with Gasteiger partial charge in [0.05, 0.1) is 17.9 Å². The summed E-state index contributed by atoms with van der Waals surface area (Å²) >= 11 is 0. The average Bonchev–Trinajstić information content (AvgIpc) is 3.37. The Hall–Kier alpha value is -4.47. The largest absolute Gasteiger partial charge is 0.462 e. The van der Waals surface area contributed by atoms with Gasteiger partial charge < -0.3 is 19.9 Å². The fourth-order valence-electron chi connectivity index (χ4n) is 4.20. The molecule has 0 bridgehead atoms. The van der Waals surface area contributed by atoms with Crippen LogP contribution < -0.4 is 15.1 Å². The molecule has 0 aliphatic carbocycles. The summed E-state index contributed by atoms with van der Waals surface area (Å²) in [7, 11) is 0. The van der Waals surface area contributed by atoms with E-state index in [0.717, 1.165) is 5.69 Å². The highest BCUT2D eigenvalue weighted by molar-refractivity contribution is 6.05. The van der Waals surface area contributed by atoms with Gasteiger partial charge in [0.2, 0.25) is 0 Å². The number of esters is 1. The summed E-state index contributed by atoms with van der Waals surface area (Å²) in [5.74, 6) is -1.12. The highest BCUT2D eigenvalue weighted by Gasteiger charge is 2.21. The molecule has 0 unspecified atom stereocenters. The van der Waals surface area contributed by atoms with E-state index in [1.165, 1.54) is 6.07 Å². The lowest BCUT2D eigenvalue weighted by Gasteiger charge is -2.37. The SMILES string of the molecule is CCOC(=O)c1ccc(N2CCN(c3ccc(NC(=O)c4ccc5nonc5c4)cc3F)CC2)cc1. The van der Waals surface area contributed by atoms with Crippen LogP contribution in [0.2, 0.25) is 0 Å². The highest BCUT2D eigenvalue weighted by atomic mass is 19.1. The Kier molecular flexibility index (Phi) is 6.48. The molecule has 1 aromatic heterocycles. The van der Waals surface area contributed by atoms with Gasteiger partial charge in [-0.15, -0.1) is 0 Å². The van der Waals surface area contributed by atoms with Crippen molar-refractivity contribution in [2.24, 2.45) is 0 Å². The second kappa shape index (κ2) is 10.0. The van der Waals surface area contributed by atoms with E-state index in [-0.39, 0.29) is 11.9 Å². The van der Waals surface area contributed by atoms with Crippen LogP contribution in [0, 0.1) is 5.82 Å². The van der Waals surface area contributed by atoms with Crippen LogP contribution in [0.25, 0.3) is 11.0 Å². The molecule has 184 valence electrons. The molecule has 0 saturated carbocycles. The number of rotatable bonds is 6. The minimum Gasteiger partial charge on any atom is -0.462 e. The molecule has 0 atom stereocenters. The predicted molar refractivity (Wildman–Crippen MR) is 133 cm³/mol. The Morgan fingerprint density at radius 1 is 0.917 bits per heavy atom. The molecule has 9 nitrogen and oxygen atoms in total. The van der Waals surface area contributed by atoms with Crippen molar-refractivity contribution in [2.75, 3.05) is 47.9 Å². The van der Waals surface area contributed by atoms with Crippen LogP contribution in [0.5, 0.6) is 0 Å². The molecule has 36 heavy (non-hydrogen) atoms. The van der Waals surface area contributed by atoms with Gasteiger partial charge in [-0.1, -0.05) is 0 Å². The number of aromatic nitrogens is 2. The van der Waals surface area contributed by atoms with Crippen LogP contribution in [0.15, 0.2) is 65.3 Å². The number of fused-ring (bicyclic) bond motifs is 1. The number of benzene rings is 3. The molecular weight excluding hydrogens is 465 g/mol. The minimum absolute atomic E-state index is 0.336. The van der Waals surface area contributed by atoms with Crippen LogP contribution in [0.1, 0.15) is 27.6 Å². The van der Waals surface area contributed by atoms with Gasteiger partial charge in [-0.05, 0) is 77.9 Å². The molecule has 5 rings (SSSR count). The van der Waals surface area contributed by atoms with Gasteiger partial charge in [-0.25, -0.2) is 13.8 Å². The average molecular weight is 490 g/mol. The molecule has 0 radical (unpaired) electrons. The third kappa shape index (κ3) is 4.83. The van der Waals surface area contributed by atoms with Crippen molar-refractivity contribution in [3.8, 4) is 0 Å². The second-order valence-electron chi connectivity index (χ2n) is 8.33. The molecule has 1 N–H and O–H groups in total. The first kappa shape index (κ1) is 23.3. The van der Waals surface area contributed by atoms with Gasteiger partial charge in [0.1, 0.15) is 16.9 Å². The van der Waals surface area contributed by atoms with Gasteiger partial charge in [0, 0.05) is 43.1 Å². The summed E-state index contributed by atoms with van der Waals surface area (Å²) in [6.45, 7) is 4.79. The number of hydrogen-bond donors (Lipinski definition) is 1. The zero-order valence-corrected chi connectivity index (χ0v) is 19.6. The third-order valence-corrected chi connectivity index (χ3v) is 6.09. The topological polar surface area (TPSA) is 101 Å². The van der Waals surface area contributed by atoms with Crippen molar-refractivity contribution in [3.05, 3.63) is 77.6 Å². The zero-order valence-electron chi connectivity index (χ0n) is 19.6. The highest BCUT2D eigenvalue weighted by Crippen LogP contribution is 2.26. The number of halogens is 1. The zero-order chi connectivity index (χ0) is 25.1. The summed E-state index contributed by atoms with van der Waals surface area (Å²) in [6.07, 6.45) is 0. The molecule has 10 heteroatoms. The Labute approximate surface area is 206 Å². The van der Waals surface area contributed by atoms with Gasteiger partial charge in [0.25, 0.3) is 5.91 Å². The molecule has 0 spiro atoms. The van der Waals surface area contributed by atoms with Gasteiger partial charge in [0.15, 0.2) is 0 Å². The number of carbonyl (C=O) groups is 2. The number of piperazine rings is 1. The Morgan fingerprint density at radius 2 is 1.61 bits per heavy atom. The molecule has 2 heterocycles. The number of carbonyl (C=O) groups excluding carboxylic acids is 2. The van der Waals surface area contributed by atoms with E-state index in [2.05, 4.69) is 25.2 Å². The van der Waals surface area contributed by atoms with Crippen molar-refractivity contribution in [3.63, 3.8) is 0 Å². The van der Waals surface area contributed by atoms with Crippen LogP contribution in [0.3, 0.4) is 0 Å². The van der Waals surface area contributed by atoms with Gasteiger partial charge in [-0.3, -0.25) is 4.79 Å². The molecule has 3 aromatic carbocycles. The first-order valence-electron chi connectivity index (χ1n) is 11.6. The van der Waals surface area contributed by atoms with E-state index in [1.807, 2.05) is 17.0 Å². The lowest BCUT2D eigenvalue weighted by atomic mass is 10.1. The number of anilines is 3. The predicted octanol–water partition coefficient (Wildman–Crippen LogP) is 4.12. The fourth-order valence-corrected chi connectivity index (χ4v) is 4.20. The molecule has 1 fully saturated rings. The van der Waals surface area contributed by atoms with E-state index < -0.39 is 5.82 Å². The van der Waals surface area contributed by atoms with Crippen molar-refractivity contribution in [2.45, 2.75) is 6.92 Å².